The topological polar surface area (TPSA) is 163 Å². The van der Waals surface area contributed by atoms with Gasteiger partial charge in [-0.15, -0.1) is 0 Å². The number of nitrogens with one attached hydrogen (secondary N) is 2. The molecule has 144 valence electrons. The average Bonchev–Trinajstić information content (AvgIpc) is 2.70. The molecule has 2 amide bonds. The molecule has 0 aliphatic carbocycles. The summed E-state index contributed by atoms with van der Waals surface area (Å²) < 4.78 is 10.9. The zero-order valence-electron chi connectivity index (χ0n) is 14.0. The van der Waals surface area contributed by atoms with Crippen LogP contribution in [0.4, 0.5) is 11.4 Å². The van der Waals surface area contributed by atoms with E-state index in [1.54, 1.807) is 24.3 Å². The quantitative estimate of drug-likeness (QED) is 0.581. The number of carbonyl (C=O) groups excluding carboxylic acids is 2. The van der Waals surface area contributed by atoms with Gasteiger partial charge in [0, 0.05) is 12.1 Å². The number of nitrogens with zero attached hydrogens (tertiary/aromatic N) is 2. The van der Waals surface area contributed by atoms with Crippen LogP contribution in [0.25, 0.3) is 0 Å². The molecule has 1 unspecified atom stereocenters. The highest BCUT2D eigenvalue weighted by atomic mass is 16.6. The minimum absolute atomic E-state index is 0.0962. The maximum Gasteiger partial charge on any atom is 0.283 e. The SMILES string of the molecule is O=C(NNC(=O)C1COc2ccccc2O1)c1cc([N+](=O)[O-])cc([N+](=O)[O-])c1. The summed E-state index contributed by atoms with van der Waals surface area (Å²) in [5.41, 5.74) is 2.49. The molecule has 12 heteroatoms. The summed E-state index contributed by atoms with van der Waals surface area (Å²) in [5, 5.41) is 21.7. The molecular formula is C16H12N4O8. The lowest BCUT2D eigenvalue weighted by atomic mass is 10.1. The summed E-state index contributed by atoms with van der Waals surface area (Å²) in [5.74, 6) is -0.880. The molecule has 0 aromatic heterocycles. The van der Waals surface area contributed by atoms with Gasteiger partial charge in [0.15, 0.2) is 11.5 Å². The molecule has 3 rings (SSSR count). The van der Waals surface area contributed by atoms with Crippen LogP contribution in [0.3, 0.4) is 0 Å². The molecular weight excluding hydrogens is 376 g/mol. The summed E-state index contributed by atoms with van der Waals surface area (Å²) in [4.78, 5) is 44.3. The minimum atomic E-state index is -1.05. The van der Waals surface area contributed by atoms with Crippen LogP contribution in [0.5, 0.6) is 11.5 Å². The van der Waals surface area contributed by atoms with Gasteiger partial charge in [0.2, 0.25) is 6.10 Å². The average molecular weight is 388 g/mol. The van der Waals surface area contributed by atoms with E-state index < -0.39 is 39.1 Å². The number of benzene rings is 2. The summed E-state index contributed by atoms with van der Waals surface area (Å²) in [6, 6.07) is 9.13. The third-order valence-electron chi connectivity index (χ3n) is 3.69. The number of amides is 2. The van der Waals surface area contributed by atoms with Gasteiger partial charge in [0.1, 0.15) is 6.61 Å². The number of hydrazine groups is 1. The standard InChI is InChI=1S/C16H12N4O8/c21-15(9-5-10(19(23)24)7-11(6-9)20(25)26)17-18-16(22)14-8-27-12-3-1-2-4-13(12)28-14/h1-7,14H,8H2,(H,17,21)(H,18,22). The number of rotatable bonds is 4. The number of hydrogen-bond acceptors (Lipinski definition) is 8. The van der Waals surface area contributed by atoms with Crippen LogP contribution in [0.1, 0.15) is 10.4 Å². The first-order valence-corrected chi connectivity index (χ1v) is 7.77. The Labute approximate surface area is 156 Å². The highest BCUT2D eigenvalue weighted by molar-refractivity contribution is 5.97. The Morgan fingerprint density at radius 3 is 2.18 bits per heavy atom. The molecule has 1 heterocycles. The third-order valence-corrected chi connectivity index (χ3v) is 3.69. The molecule has 1 aliphatic heterocycles. The maximum atomic E-state index is 12.1. The summed E-state index contributed by atoms with van der Waals surface area (Å²) in [6.07, 6.45) is -1.05. The van der Waals surface area contributed by atoms with Crippen LogP contribution in [-0.2, 0) is 4.79 Å². The number of hydrogen-bond donors (Lipinski definition) is 2. The van der Waals surface area contributed by atoms with Gasteiger partial charge in [-0.3, -0.25) is 40.7 Å². The first-order valence-electron chi connectivity index (χ1n) is 7.77. The maximum absolute atomic E-state index is 12.1. The lowest BCUT2D eigenvalue weighted by Gasteiger charge is -2.25. The van der Waals surface area contributed by atoms with Gasteiger partial charge in [-0.2, -0.15) is 0 Å². The zero-order valence-corrected chi connectivity index (χ0v) is 14.0. The summed E-state index contributed by atoms with van der Waals surface area (Å²) >= 11 is 0. The Bertz CT molecular complexity index is 945. The number of para-hydroxylation sites is 2. The first-order chi connectivity index (χ1) is 13.3. The molecule has 1 atom stereocenters. The number of nitro benzene ring substituents is 2. The fourth-order valence-corrected chi connectivity index (χ4v) is 2.36. The van der Waals surface area contributed by atoms with E-state index in [4.69, 9.17) is 9.47 Å². The van der Waals surface area contributed by atoms with Crippen LogP contribution in [0.2, 0.25) is 0 Å². The predicted molar refractivity (Wildman–Crippen MR) is 91.7 cm³/mol. The Kier molecular flexibility index (Phi) is 5.02. The molecule has 12 nitrogen and oxygen atoms in total. The second kappa shape index (κ2) is 7.57. The van der Waals surface area contributed by atoms with Crippen molar-refractivity contribution in [3.05, 3.63) is 68.3 Å². The van der Waals surface area contributed by atoms with Crippen LogP contribution in [0, 0.1) is 20.2 Å². The Hall–Kier alpha value is -4.22. The molecule has 0 radical (unpaired) electrons. The van der Waals surface area contributed by atoms with E-state index in [1.165, 1.54) is 0 Å². The van der Waals surface area contributed by atoms with Crippen molar-refractivity contribution in [2.75, 3.05) is 6.61 Å². The fraction of sp³-hybridized carbons (Fsp3) is 0.125. The summed E-state index contributed by atoms with van der Waals surface area (Å²) in [6.45, 7) is -0.0962. The van der Waals surface area contributed by atoms with Crippen molar-refractivity contribution in [3.8, 4) is 11.5 Å². The number of carbonyl (C=O) groups is 2. The molecule has 28 heavy (non-hydrogen) atoms. The lowest BCUT2D eigenvalue weighted by Crippen LogP contribution is -2.50. The molecule has 0 spiro atoms. The number of fused-ring (bicyclic) bond motifs is 1. The predicted octanol–water partition coefficient (Wildman–Crippen LogP) is 1.10. The van der Waals surface area contributed by atoms with Gasteiger partial charge in [-0.1, -0.05) is 12.1 Å². The molecule has 0 bridgehead atoms. The van der Waals surface area contributed by atoms with Gasteiger partial charge >= 0.3 is 0 Å². The van der Waals surface area contributed by atoms with Crippen molar-refractivity contribution < 1.29 is 28.9 Å². The van der Waals surface area contributed by atoms with E-state index in [1.807, 2.05) is 5.43 Å². The second-order valence-corrected chi connectivity index (χ2v) is 5.56. The highest BCUT2D eigenvalue weighted by Gasteiger charge is 2.28. The molecule has 2 aromatic carbocycles. The minimum Gasteiger partial charge on any atom is -0.485 e. The fourth-order valence-electron chi connectivity index (χ4n) is 2.36. The van der Waals surface area contributed by atoms with E-state index in [0.717, 1.165) is 18.2 Å². The lowest BCUT2D eigenvalue weighted by molar-refractivity contribution is -0.394. The van der Waals surface area contributed by atoms with E-state index in [9.17, 15) is 29.8 Å². The highest BCUT2D eigenvalue weighted by Crippen LogP contribution is 2.30. The van der Waals surface area contributed by atoms with Crippen LogP contribution in [0.15, 0.2) is 42.5 Å². The van der Waals surface area contributed by atoms with Gasteiger partial charge in [0.05, 0.1) is 21.5 Å². The molecule has 2 N–H and O–H groups in total. The van der Waals surface area contributed by atoms with Gasteiger partial charge < -0.3 is 9.47 Å². The number of ether oxygens (including phenoxy) is 2. The van der Waals surface area contributed by atoms with Crippen molar-refractivity contribution >= 4 is 23.2 Å². The Morgan fingerprint density at radius 2 is 1.57 bits per heavy atom. The first kappa shape index (κ1) is 18.6. The van der Waals surface area contributed by atoms with Gasteiger partial charge in [-0.05, 0) is 12.1 Å². The molecule has 2 aromatic rings. The van der Waals surface area contributed by atoms with Crippen molar-refractivity contribution in [2.24, 2.45) is 0 Å². The van der Waals surface area contributed by atoms with Crippen molar-refractivity contribution in [2.45, 2.75) is 6.10 Å². The van der Waals surface area contributed by atoms with Crippen LogP contribution in [-0.4, -0.2) is 34.4 Å². The van der Waals surface area contributed by atoms with E-state index in [0.29, 0.717) is 11.5 Å². The van der Waals surface area contributed by atoms with Gasteiger partial charge in [-0.25, -0.2) is 0 Å². The molecule has 0 fully saturated rings. The van der Waals surface area contributed by atoms with Crippen molar-refractivity contribution in [3.63, 3.8) is 0 Å². The van der Waals surface area contributed by atoms with Crippen LogP contribution < -0.4 is 20.3 Å². The zero-order chi connectivity index (χ0) is 20.3. The Balaban J connectivity index is 1.66. The molecule has 1 aliphatic rings. The van der Waals surface area contributed by atoms with Crippen molar-refractivity contribution in [1.82, 2.24) is 10.9 Å². The molecule has 0 saturated carbocycles. The second-order valence-electron chi connectivity index (χ2n) is 5.56. The smallest absolute Gasteiger partial charge is 0.283 e. The largest absolute Gasteiger partial charge is 0.485 e. The summed E-state index contributed by atoms with van der Waals surface area (Å²) in [7, 11) is 0. The van der Waals surface area contributed by atoms with Gasteiger partial charge in [0.25, 0.3) is 23.2 Å². The van der Waals surface area contributed by atoms with Crippen molar-refractivity contribution in [1.29, 1.82) is 0 Å². The van der Waals surface area contributed by atoms with E-state index >= 15 is 0 Å². The normalized spacial score (nSPS) is 14.6. The Morgan fingerprint density at radius 1 is 0.964 bits per heavy atom. The molecule has 0 saturated heterocycles. The van der Waals surface area contributed by atoms with E-state index in [2.05, 4.69) is 5.43 Å². The van der Waals surface area contributed by atoms with Crippen LogP contribution >= 0.6 is 0 Å². The third kappa shape index (κ3) is 3.95. The monoisotopic (exact) mass is 388 g/mol. The number of nitro groups is 2. The number of non-ortho nitro benzene ring substituents is 2. The van der Waals surface area contributed by atoms with E-state index in [-0.39, 0.29) is 12.2 Å².